The molecular weight excluding hydrogens is 198 g/mol. The standard InChI is InChI=1S/C11H12ClNO/c1-13(2)10-6-3-9(4-7-10)5-8-11(12)14/h3-8H,1-2H3. The molecule has 3 heteroatoms. The molecule has 0 unspecified atom stereocenters. The smallest absolute Gasteiger partial charge is 0.245 e. The number of anilines is 1. The number of carbonyl (C=O) groups is 1. The fraction of sp³-hybridized carbons (Fsp3) is 0.182. The molecule has 0 bridgehead atoms. The Morgan fingerprint density at radius 3 is 2.29 bits per heavy atom. The van der Waals surface area contributed by atoms with Gasteiger partial charge in [-0.05, 0) is 35.4 Å². The van der Waals surface area contributed by atoms with Crippen LogP contribution in [-0.2, 0) is 4.79 Å². The maximum atomic E-state index is 10.5. The third kappa shape index (κ3) is 3.23. The fourth-order valence-electron chi connectivity index (χ4n) is 1.05. The van der Waals surface area contributed by atoms with Crippen molar-refractivity contribution in [2.24, 2.45) is 0 Å². The van der Waals surface area contributed by atoms with Crippen LogP contribution in [0.15, 0.2) is 30.3 Å². The van der Waals surface area contributed by atoms with Gasteiger partial charge in [-0.15, -0.1) is 0 Å². The number of hydrogen-bond donors (Lipinski definition) is 0. The van der Waals surface area contributed by atoms with Gasteiger partial charge in [-0.1, -0.05) is 18.2 Å². The van der Waals surface area contributed by atoms with Crippen molar-refractivity contribution in [3.63, 3.8) is 0 Å². The molecule has 1 aromatic carbocycles. The molecule has 0 saturated heterocycles. The first-order chi connectivity index (χ1) is 6.59. The summed E-state index contributed by atoms with van der Waals surface area (Å²) >= 11 is 5.18. The second-order valence-corrected chi connectivity index (χ2v) is 3.50. The first-order valence-electron chi connectivity index (χ1n) is 4.24. The van der Waals surface area contributed by atoms with E-state index in [1.54, 1.807) is 6.08 Å². The normalized spacial score (nSPS) is 10.5. The minimum absolute atomic E-state index is 0.457. The minimum atomic E-state index is -0.457. The highest BCUT2D eigenvalue weighted by Crippen LogP contribution is 2.13. The van der Waals surface area contributed by atoms with Crippen LogP contribution < -0.4 is 4.90 Å². The Kier molecular flexibility index (Phi) is 3.72. The summed E-state index contributed by atoms with van der Waals surface area (Å²) in [5.41, 5.74) is 2.09. The highest BCUT2D eigenvalue weighted by Gasteiger charge is 1.93. The molecule has 0 aliphatic rings. The lowest BCUT2D eigenvalue weighted by molar-refractivity contribution is -0.107. The number of hydrogen-bond acceptors (Lipinski definition) is 2. The van der Waals surface area contributed by atoms with Crippen molar-refractivity contribution in [1.82, 2.24) is 0 Å². The predicted molar refractivity (Wildman–Crippen MR) is 60.7 cm³/mol. The average Bonchev–Trinajstić information content (AvgIpc) is 2.15. The van der Waals surface area contributed by atoms with Crippen molar-refractivity contribution >= 4 is 28.6 Å². The molecule has 0 aromatic heterocycles. The number of allylic oxidation sites excluding steroid dienone is 1. The van der Waals surface area contributed by atoms with E-state index in [0.29, 0.717) is 0 Å². The van der Waals surface area contributed by atoms with E-state index in [9.17, 15) is 4.79 Å². The summed E-state index contributed by atoms with van der Waals surface area (Å²) in [7, 11) is 3.96. The van der Waals surface area contributed by atoms with Crippen LogP contribution in [-0.4, -0.2) is 19.3 Å². The van der Waals surface area contributed by atoms with Crippen LogP contribution in [0, 0.1) is 0 Å². The van der Waals surface area contributed by atoms with E-state index in [1.807, 2.05) is 43.3 Å². The zero-order chi connectivity index (χ0) is 10.6. The van der Waals surface area contributed by atoms with Gasteiger partial charge in [0.2, 0.25) is 5.24 Å². The average molecular weight is 210 g/mol. The van der Waals surface area contributed by atoms with Gasteiger partial charge in [0, 0.05) is 19.8 Å². The van der Waals surface area contributed by atoms with E-state index in [4.69, 9.17) is 11.6 Å². The zero-order valence-corrected chi connectivity index (χ0v) is 8.95. The van der Waals surface area contributed by atoms with Gasteiger partial charge in [0.1, 0.15) is 0 Å². The molecule has 0 amide bonds. The Hall–Kier alpha value is -1.28. The first kappa shape index (κ1) is 10.8. The molecule has 1 aromatic rings. The number of benzene rings is 1. The number of nitrogens with zero attached hydrogens (tertiary/aromatic N) is 1. The van der Waals surface area contributed by atoms with Crippen molar-refractivity contribution in [2.45, 2.75) is 0 Å². The van der Waals surface area contributed by atoms with Crippen LogP contribution in [0.5, 0.6) is 0 Å². The molecular formula is C11H12ClNO. The van der Waals surface area contributed by atoms with Crippen molar-refractivity contribution in [3.8, 4) is 0 Å². The second-order valence-electron chi connectivity index (χ2n) is 3.12. The molecule has 0 aliphatic carbocycles. The maximum absolute atomic E-state index is 10.5. The molecule has 0 saturated carbocycles. The van der Waals surface area contributed by atoms with Crippen molar-refractivity contribution in [2.75, 3.05) is 19.0 Å². The molecule has 0 aliphatic heterocycles. The Bertz CT molecular complexity index is 341. The highest BCUT2D eigenvalue weighted by molar-refractivity contribution is 6.66. The van der Waals surface area contributed by atoms with Crippen LogP contribution in [0.3, 0.4) is 0 Å². The Morgan fingerprint density at radius 2 is 1.86 bits per heavy atom. The third-order valence-corrected chi connectivity index (χ3v) is 1.94. The molecule has 14 heavy (non-hydrogen) atoms. The minimum Gasteiger partial charge on any atom is -0.378 e. The van der Waals surface area contributed by atoms with Gasteiger partial charge in [0.25, 0.3) is 0 Å². The summed E-state index contributed by atoms with van der Waals surface area (Å²) in [6, 6.07) is 7.84. The molecule has 0 radical (unpaired) electrons. The molecule has 0 spiro atoms. The lowest BCUT2D eigenvalue weighted by Crippen LogP contribution is -2.07. The van der Waals surface area contributed by atoms with E-state index in [1.165, 1.54) is 6.08 Å². The summed E-state index contributed by atoms with van der Waals surface area (Å²) in [6.45, 7) is 0. The fourth-order valence-corrected chi connectivity index (χ4v) is 1.11. The van der Waals surface area contributed by atoms with E-state index in [2.05, 4.69) is 0 Å². The monoisotopic (exact) mass is 209 g/mol. The van der Waals surface area contributed by atoms with Crippen LogP contribution in [0.4, 0.5) is 5.69 Å². The largest absolute Gasteiger partial charge is 0.378 e. The van der Waals surface area contributed by atoms with Gasteiger partial charge in [0.15, 0.2) is 0 Å². The SMILES string of the molecule is CN(C)c1ccc(C=CC(=O)Cl)cc1. The van der Waals surface area contributed by atoms with Gasteiger partial charge in [-0.25, -0.2) is 0 Å². The second kappa shape index (κ2) is 4.82. The lowest BCUT2D eigenvalue weighted by Gasteiger charge is -2.11. The van der Waals surface area contributed by atoms with Crippen molar-refractivity contribution < 1.29 is 4.79 Å². The summed E-state index contributed by atoms with van der Waals surface area (Å²) in [4.78, 5) is 12.5. The summed E-state index contributed by atoms with van der Waals surface area (Å²) in [5.74, 6) is 0. The van der Waals surface area contributed by atoms with Crippen LogP contribution in [0.2, 0.25) is 0 Å². The van der Waals surface area contributed by atoms with Crippen molar-refractivity contribution in [3.05, 3.63) is 35.9 Å². The van der Waals surface area contributed by atoms with Gasteiger partial charge >= 0.3 is 0 Å². The van der Waals surface area contributed by atoms with E-state index in [0.717, 1.165) is 11.3 Å². The third-order valence-electron chi connectivity index (χ3n) is 1.82. The summed E-state index contributed by atoms with van der Waals surface area (Å²) in [6.07, 6.45) is 3.03. The van der Waals surface area contributed by atoms with Gasteiger partial charge in [-0.3, -0.25) is 4.79 Å². The van der Waals surface area contributed by atoms with Gasteiger partial charge < -0.3 is 4.90 Å². The molecule has 0 atom stereocenters. The Labute approximate surface area is 88.8 Å². The van der Waals surface area contributed by atoms with Crippen LogP contribution in [0.1, 0.15) is 5.56 Å². The first-order valence-corrected chi connectivity index (χ1v) is 4.62. The highest BCUT2D eigenvalue weighted by atomic mass is 35.5. The zero-order valence-electron chi connectivity index (χ0n) is 8.20. The van der Waals surface area contributed by atoms with E-state index in [-0.39, 0.29) is 0 Å². The molecule has 0 heterocycles. The molecule has 0 fully saturated rings. The lowest BCUT2D eigenvalue weighted by atomic mass is 10.2. The van der Waals surface area contributed by atoms with Crippen LogP contribution in [0.25, 0.3) is 6.08 Å². The Morgan fingerprint density at radius 1 is 1.29 bits per heavy atom. The van der Waals surface area contributed by atoms with Gasteiger partial charge in [-0.2, -0.15) is 0 Å². The van der Waals surface area contributed by atoms with Crippen molar-refractivity contribution in [1.29, 1.82) is 0 Å². The van der Waals surface area contributed by atoms with E-state index < -0.39 is 5.24 Å². The number of halogens is 1. The molecule has 74 valence electrons. The quantitative estimate of drug-likeness (QED) is 0.563. The topological polar surface area (TPSA) is 20.3 Å². The molecule has 1 rings (SSSR count). The molecule has 0 N–H and O–H groups in total. The van der Waals surface area contributed by atoms with Crippen LogP contribution >= 0.6 is 11.6 Å². The maximum Gasteiger partial charge on any atom is 0.245 e. The molecule has 2 nitrogen and oxygen atoms in total. The summed E-state index contributed by atoms with van der Waals surface area (Å²) < 4.78 is 0. The number of rotatable bonds is 3. The predicted octanol–water partition coefficient (Wildman–Crippen LogP) is 2.53. The number of carbonyl (C=O) groups excluding carboxylic acids is 1. The van der Waals surface area contributed by atoms with Gasteiger partial charge in [0.05, 0.1) is 0 Å². The van der Waals surface area contributed by atoms with E-state index >= 15 is 0 Å². The Balaban J connectivity index is 2.78. The summed E-state index contributed by atoms with van der Waals surface area (Å²) in [5, 5.41) is -0.457.